The number of Topliss-reactive ketones (excluding diaryl/α,β-unsaturated/α-hetero) is 1. The molecule has 0 saturated carbocycles. The highest BCUT2D eigenvalue weighted by atomic mass is 35.5. The second-order valence-corrected chi connectivity index (χ2v) is 10.0. The zero-order valence-electron chi connectivity index (χ0n) is 20.3. The number of thioether (sulfide) groups is 1. The van der Waals surface area contributed by atoms with Crippen molar-refractivity contribution in [2.75, 3.05) is 7.11 Å². The van der Waals surface area contributed by atoms with Gasteiger partial charge in [0, 0.05) is 17.1 Å². The van der Waals surface area contributed by atoms with Crippen LogP contribution in [0.1, 0.15) is 15.9 Å². The number of nitrogens with zero attached hydrogens (tertiary/aromatic N) is 1. The Balaban J connectivity index is 1.75. The van der Waals surface area contributed by atoms with Crippen LogP contribution < -0.4 is 5.32 Å². The van der Waals surface area contributed by atoms with Crippen LogP contribution in [0.25, 0.3) is 0 Å². The molecular weight excluding hydrogens is 541 g/mol. The number of ketones is 1. The first kappa shape index (κ1) is 27.4. The number of amides is 1. The number of carbonyl (C=O) groups excluding carboxylic acids is 2. The molecule has 6 nitrogen and oxygen atoms in total. The quantitative estimate of drug-likeness (QED) is 0.141. The monoisotopic (exact) mass is 563 g/mol. The van der Waals surface area contributed by atoms with Gasteiger partial charge in [-0.25, -0.2) is 9.79 Å². The molecule has 1 atom stereocenters. The number of amidine groups is 1. The summed E-state index contributed by atoms with van der Waals surface area (Å²) in [6, 6.07) is 23.7. The average molecular weight is 564 g/mol. The molecular formula is C29H23Cl2N3O3S. The molecule has 0 heterocycles. The summed E-state index contributed by atoms with van der Waals surface area (Å²) in [5.74, 6) is -0.706. The summed E-state index contributed by atoms with van der Waals surface area (Å²) in [4.78, 5) is 30.6. The van der Waals surface area contributed by atoms with Crippen molar-refractivity contribution < 1.29 is 14.3 Å². The van der Waals surface area contributed by atoms with Gasteiger partial charge in [-0.2, -0.15) is 0 Å². The molecule has 1 aliphatic rings. The van der Waals surface area contributed by atoms with Crippen LogP contribution in [0.5, 0.6) is 0 Å². The van der Waals surface area contributed by atoms with E-state index in [9.17, 15) is 9.59 Å². The van der Waals surface area contributed by atoms with Gasteiger partial charge in [-0.15, -0.1) is 0 Å². The van der Waals surface area contributed by atoms with E-state index in [2.05, 4.69) is 10.3 Å². The molecule has 3 aromatic carbocycles. The third kappa shape index (κ3) is 6.61. The van der Waals surface area contributed by atoms with Gasteiger partial charge in [0.15, 0.2) is 11.0 Å². The molecule has 0 aromatic heterocycles. The van der Waals surface area contributed by atoms with Gasteiger partial charge in [-0.3, -0.25) is 10.1 Å². The average Bonchev–Trinajstić information content (AvgIpc) is 2.93. The number of ether oxygens (including phenoxy) is 1. The summed E-state index contributed by atoms with van der Waals surface area (Å²) in [5, 5.41) is 12.5. The number of nitrogens with one attached hydrogen (secondary N) is 2. The Morgan fingerprint density at radius 3 is 2.21 bits per heavy atom. The normalized spacial score (nSPS) is 15.4. The Bertz CT molecular complexity index is 1430. The number of alkyl carbamates (subject to hydrolysis) is 1. The second kappa shape index (κ2) is 12.7. The molecule has 0 bridgehead atoms. The van der Waals surface area contributed by atoms with E-state index in [0.29, 0.717) is 32.5 Å². The minimum absolute atomic E-state index is 0.118. The highest BCUT2D eigenvalue weighted by Gasteiger charge is 2.31. The summed E-state index contributed by atoms with van der Waals surface area (Å²) in [7, 11) is 1.24. The zero-order valence-corrected chi connectivity index (χ0v) is 22.6. The first-order valence-electron chi connectivity index (χ1n) is 11.6. The molecule has 1 amide bonds. The van der Waals surface area contributed by atoms with Crippen molar-refractivity contribution in [1.82, 2.24) is 5.32 Å². The molecule has 2 N–H and O–H groups in total. The molecule has 3 aromatic rings. The highest BCUT2D eigenvalue weighted by Crippen LogP contribution is 2.35. The van der Waals surface area contributed by atoms with Crippen LogP contribution in [0.2, 0.25) is 10.0 Å². The van der Waals surface area contributed by atoms with Crippen LogP contribution >= 0.6 is 35.0 Å². The standard InChI is InChI=1S/C29H23Cl2N3O3S/c1-37-29(36)34-28(38-27-22(30)13-8-14-23(27)31)33-24-16-15-20(26(35)19-11-6-3-7-12-19)21(25(24)32)17-18-9-4-2-5-10-18/h2-16,21,32H,17H2,1H3,(H,33,34,36). The van der Waals surface area contributed by atoms with Gasteiger partial charge in [0.05, 0.1) is 33.5 Å². The predicted octanol–water partition coefficient (Wildman–Crippen LogP) is 7.38. The number of methoxy groups -OCH3 is 1. The largest absolute Gasteiger partial charge is 0.453 e. The zero-order chi connectivity index (χ0) is 27.1. The molecule has 38 heavy (non-hydrogen) atoms. The third-order valence-corrected chi connectivity index (χ3v) is 7.62. The first-order valence-corrected chi connectivity index (χ1v) is 13.1. The SMILES string of the molecule is COC(=O)NC(=NC1=CC=C(C(=O)c2ccccc2)C(Cc2ccccc2)C1=N)Sc1c(Cl)cccc1Cl. The third-order valence-electron chi connectivity index (χ3n) is 5.74. The topological polar surface area (TPSA) is 91.6 Å². The van der Waals surface area contributed by atoms with Gasteiger partial charge >= 0.3 is 6.09 Å². The van der Waals surface area contributed by atoms with E-state index in [4.69, 9.17) is 33.3 Å². The fourth-order valence-corrected chi connectivity index (χ4v) is 5.29. The maximum absolute atomic E-state index is 13.4. The Morgan fingerprint density at radius 1 is 0.947 bits per heavy atom. The van der Waals surface area contributed by atoms with E-state index in [1.807, 2.05) is 48.5 Å². The van der Waals surface area contributed by atoms with Crippen LogP contribution in [0, 0.1) is 11.3 Å². The van der Waals surface area contributed by atoms with Gasteiger partial charge < -0.3 is 10.1 Å². The number of rotatable bonds is 6. The van der Waals surface area contributed by atoms with Gasteiger partial charge in [0.25, 0.3) is 0 Å². The lowest BCUT2D eigenvalue weighted by molar-refractivity contribution is 0.102. The minimum atomic E-state index is -0.737. The Hall–Kier alpha value is -3.65. The van der Waals surface area contributed by atoms with Crippen molar-refractivity contribution in [3.05, 3.63) is 123 Å². The Labute approximate surface area is 234 Å². The Morgan fingerprint density at radius 2 is 1.58 bits per heavy atom. The van der Waals surface area contributed by atoms with Gasteiger partial charge in [-0.1, -0.05) is 96.0 Å². The molecule has 9 heteroatoms. The first-order chi connectivity index (χ1) is 18.4. The molecule has 1 aliphatic carbocycles. The van der Waals surface area contributed by atoms with Gasteiger partial charge in [0.1, 0.15) is 0 Å². The van der Waals surface area contributed by atoms with Crippen molar-refractivity contribution in [2.24, 2.45) is 10.9 Å². The van der Waals surface area contributed by atoms with E-state index in [1.54, 1.807) is 42.5 Å². The van der Waals surface area contributed by atoms with Crippen molar-refractivity contribution in [1.29, 1.82) is 5.41 Å². The molecule has 0 saturated heterocycles. The summed E-state index contributed by atoms with van der Waals surface area (Å²) >= 11 is 13.7. The van der Waals surface area contributed by atoms with Crippen LogP contribution in [0.4, 0.5) is 4.79 Å². The smallest absolute Gasteiger partial charge is 0.412 e. The van der Waals surface area contributed by atoms with Crippen molar-refractivity contribution in [3.63, 3.8) is 0 Å². The highest BCUT2D eigenvalue weighted by molar-refractivity contribution is 8.14. The van der Waals surface area contributed by atoms with E-state index >= 15 is 0 Å². The summed E-state index contributed by atoms with van der Waals surface area (Å²) in [6.45, 7) is 0. The lowest BCUT2D eigenvalue weighted by Gasteiger charge is -2.24. The Kier molecular flexibility index (Phi) is 9.18. The number of hydrogen-bond donors (Lipinski definition) is 2. The van der Waals surface area contributed by atoms with Crippen LogP contribution in [0.3, 0.4) is 0 Å². The van der Waals surface area contributed by atoms with E-state index in [-0.39, 0.29) is 22.4 Å². The number of allylic oxidation sites excluding steroid dienone is 4. The summed E-state index contributed by atoms with van der Waals surface area (Å²) in [6.07, 6.45) is 3.00. The number of halogens is 2. The molecule has 0 spiro atoms. The lowest BCUT2D eigenvalue weighted by atomic mass is 9.80. The number of hydrogen-bond acceptors (Lipinski definition) is 6. The molecule has 0 fully saturated rings. The molecule has 0 radical (unpaired) electrons. The predicted molar refractivity (Wildman–Crippen MR) is 154 cm³/mol. The maximum atomic E-state index is 13.4. The number of benzene rings is 3. The molecule has 1 unspecified atom stereocenters. The van der Waals surface area contributed by atoms with E-state index in [0.717, 1.165) is 17.3 Å². The van der Waals surface area contributed by atoms with E-state index < -0.39 is 12.0 Å². The maximum Gasteiger partial charge on any atom is 0.412 e. The van der Waals surface area contributed by atoms with Crippen LogP contribution in [0.15, 0.2) is 112 Å². The van der Waals surface area contributed by atoms with Crippen LogP contribution in [-0.4, -0.2) is 29.9 Å². The van der Waals surface area contributed by atoms with E-state index in [1.165, 1.54) is 7.11 Å². The molecule has 4 rings (SSSR count). The number of aliphatic imine (C=N–C) groups is 1. The van der Waals surface area contributed by atoms with Gasteiger partial charge in [0.2, 0.25) is 0 Å². The fourth-order valence-electron chi connectivity index (χ4n) is 3.86. The van der Waals surface area contributed by atoms with Gasteiger partial charge in [-0.05, 0) is 42.0 Å². The summed E-state index contributed by atoms with van der Waals surface area (Å²) < 4.78 is 4.75. The minimum Gasteiger partial charge on any atom is -0.453 e. The fraction of sp³-hybridized carbons (Fsp3) is 0.103. The second-order valence-electron chi connectivity index (χ2n) is 8.21. The number of carbonyl (C=O) groups is 2. The summed E-state index contributed by atoms with van der Waals surface area (Å²) in [5.41, 5.74) is 2.45. The van der Waals surface area contributed by atoms with Crippen molar-refractivity contribution in [3.8, 4) is 0 Å². The van der Waals surface area contributed by atoms with Crippen LogP contribution in [-0.2, 0) is 11.2 Å². The van der Waals surface area contributed by atoms with Crippen molar-refractivity contribution >= 4 is 57.7 Å². The lowest BCUT2D eigenvalue weighted by Crippen LogP contribution is -2.30. The molecule has 192 valence electrons. The van der Waals surface area contributed by atoms with Crippen molar-refractivity contribution in [2.45, 2.75) is 11.3 Å². The molecule has 0 aliphatic heterocycles.